The molecular weight excluding hydrogens is 599 g/mol. The minimum absolute atomic E-state index is 0.0431. The molecule has 1 fully saturated rings. The molecule has 1 saturated heterocycles. The van der Waals surface area contributed by atoms with Gasteiger partial charge >= 0.3 is 5.69 Å². The molecule has 2 aliphatic rings. The Hall–Kier alpha value is -4.64. The van der Waals surface area contributed by atoms with E-state index in [9.17, 15) is 19.8 Å². The summed E-state index contributed by atoms with van der Waals surface area (Å²) in [7, 11) is 1.81. The number of pyridine rings is 1. The van der Waals surface area contributed by atoms with Crippen LogP contribution in [0.5, 0.6) is 11.5 Å². The van der Waals surface area contributed by atoms with E-state index in [0.29, 0.717) is 60.6 Å². The van der Waals surface area contributed by atoms with Crippen LogP contribution in [-0.2, 0) is 4.79 Å². The van der Waals surface area contributed by atoms with Crippen molar-refractivity contribution in [2.75, 3.05) is 43.0 Å². The van der Waals surface area contributed by atoms with Gasteiger partial charge in [-0.25, -0.2) is 9.18 Å². The Balaban J connectivity index is 1.80. The van der Waals surface area contributed by atoms with Gasteiger partial charge in [-0.2, -0.15) is 4.98 Å². The van der Waals surface area contributed by atoms with E-state index < -0.39 is 11.5 Å². The number of benzene rings is 2. The summed E-state index contributed by atoms with van der Waals surface area (Å²) in [6.45, 7) is 10.9. The molecule has 2 aromatic carbocycles. The zero-order chi connectivity index (χ0) is 32.3. The van der Waals surface area contributed by atoms with E-state index in [-0.39, 0.29) is 56.9 Å². The molecule has 10 nitrogen and oxygen atoms in total. The number of phenols is 2. The van der Waals surface area contributed by atoms with Crippen LogP contribution in [0.2, 0.25) is 5.02 Å². The maximum absolute atomic E-state index is 17.5. The van der Waals surface area contributed by atoms with Crippen LogP contribution in [0.15, 0.2) is 47.9 Å². The number of hydrogen-bond donors (Lipinski definition) is 2. The monoisotopic (exact) mass is 632 g/mol. The topological polar surface area (TPSA) is 115 Å². The Kier molecular flexibility index (Phi) is 7.68. The number of piperazine rings is 1. The number of carbonyl (C=O) groups excluding carboxylic acids is 1. The number of aromatic hydroxyl groups is 2. The fourth-order valence-corrected chi connectivity index (χ4v) is 7.02. The molecule has 6 rings (SSSR count). The Bertz CT molecular complexity index is 1920. The minimum Gasteiger partial charge on any atom is -0.507 e. The van der Waals surface area contributed by atoms with Crippen molar-refractivity contribution >= 4 is 39.9 Å². The maximum atomic E-state index is 17.5. The number of nitrogens with zero attached hydrogens (tertiary/aromatic N) is 6. The zero-order valence-corrected chi connectivity index (χ0v) is 26.3. The van der Waals surface area contributed by atoms with Crippen LogP contribution in [-0.4, -0.2) is 74.8 Å². The van der Waals surface area contributed by atoms with Crippen LogP contribution in [0, 0.1) is 12.7 Å². The lowest BCUT2D eigenvalue weighted by Gasteiger charge is -2.44. The standard InChI is InChI=1S/C33H34ClFN6O4/c1-6-22(44)39-14-15-40-19(16-39)11-13-38(5)30-25-31(27(35)24(26(30)34)23-20(42)8-7-9-21(23)43)41(33(45)37-32(25)40)29-18(4)10-12-36-28(29)17(2)3/h6-10,12,17,19,42-43H,1,11,13-16H2,2-5H3. The molecule has 0 spiro atoms. The lowest BCUT2D eigenvalue weighted by molar-refractivity contribution is -0.126. The van der Waals surface area contributed by atoms with Crippen LogP contribution in [0.25, 0.3) is 27.7 Å². The maximum Gasteiger partial charge on any atom is 0.354 e. The van der Waals surface area contributed by atoms with Gasteiger partial charge in [0.1, 0.15) is 22.8 Å². The molecule has 2 aliphatic heterocycles. The summed E-state index contributed by atoms with van der Waals surface area (Å²) in [5.74, 6) is -1.71. The Labute approximate surface area is 264 Å². The molecule has 1 amide bonds. The molecule has 4 aromatic rings. The molecule has 1 unspecified atom stereocenters. The number of aromatic nitrogens is 3. The molecule has 45 heavy (non-hydrogen) atoms. The van der Waals surface area contributed by atoms with Crippen molar-refractivity contribution in [3.8, 4) is 28.3 Å². The summed E-state index contributed by atoms with van der Waals surface area (Å²) in [5.41, 5.74) is 0.816. The lowest BCUT2D eigenvalue weighted by Crippen LogP contribution is -2.56. The third-order valence-corrected chi connectivity index (χ3v) is 9.15. The average molecular weight is 633 g/mol. The van der Waals surface area contributed by atoms with Gasteiger partial charge in [-0.05, 0) is 49.1 Å². The van der Waals surface area contributed by atoms with Gasteiger partial charge in [0.25, 0.3) is 0 Å². The number of halogens is 2. The van der Waals surface area contributed by atoms with Gasteiger partial charge in [-0.1, -0.05) is 38.1 Å². The molecule has 2 aromatic heterocycles. The van der Waals surface area contributed by atoms with Gasteiger partial charge in [-0.3, -0.25) is 14.3 Å². The fraction of sp³-hybridized carbons (Fsp3) is 0.333. The van der Waals surface area contributed by atoms with Gasteiger partial charge in [0.2, 0.25) is 5.91 Å². The van der Waals surface area contributed by atoms with E-state index in [4.69, 9.17) is 11.6 Å². The highest BCUT2D eigenvalue weighted by Crippen LogP contribution is 2.51. The first-order valence-electron chi connectivity index (χ1n) is 14.8. The molecule has 0 radical (unpaired) electrons. The summed E-state index contributed by atoms with van der Waals surface area (Å²) in [6, 6.07) is 5.64. The Morgan fingerprint density at radius 3 is 2.51 bits per heavy atom. The normalized spacial score (nSPS) is 16.5. The summed E-state index contributed by atoms with van der Waals surface area (Å²) < 4.78 is 18.7. The van der Waals surface area contributed by atoms with Crippen molar-refractivity contribution in [1.29, 1.82) is 0 Å². The summed E-state index contributed by atoms with van der Waals surface area (Å²) in [5, 5.41) is 22.0. The Morgan fingerprint density at radius 1 is 1.13 bits per heavy atom. The van der Waals surface area contributed by atoms with Gasteiger partial charge < -0.3 is 24.9 Å². The predicted molar refractivity (Wildman–Crippen MR) is 173 cm³/mol. The number of aryl methyl sites for hydroxylation is 1. The highest BCUT2D eigenvalue weighted by molar-refractivity contribution is 6.38. The van der Waals surface area contributed by atoms with Gasteiger partial charge in [0.05, 0.1) is 33.0 Å². The number of amides is 1. The molecule has 4 heterocycles. The fourth-order valence-electron chi connectivity index (χ4n) is 6.61. The first-order chi connectivity index (χ1) is 21.5. The third kappa shape index (κ3) is 4.77. The van der Waals surface area contributed by atoms with Crippen molar-refractivity contribution in [3.63, 3.8) is 0 Å². The van der Waals surface area contributed by atoms with Crippen LogP contribution in [0.4, 0.5) is 15.9 Å². The van der Waals surface area contributed by atoms with E-state index in [2.05, 4.69) is 16.5 Å². The first-order valence-corrected chi connectivity index (χ1v) is 15.2. The quantitative estimate of drug-likeness (QED) is 0.298. The van der Waals surface area contributed by atoms with Crippen LogP contribution >= 0.6 is 11.6 Å². The number of fused-ring (bicyclic) bond motifs is 2. The van der Waals surface area contributed by atoms with Gasteiger partial charge in [0.15, 0.2) is 5.82 Å². The first kappa shape index (κ1) is 30.4. The van der Waals surface area contributed by atoms with Crippen LogP contribution in [0.1, 0.15) is 37.4 Å². The second kappa shape index (κ2) is 11.4. The molecule has 0 saturated carbocycles. The highest BCUT2D eigenvalue weighted by Gasteiger charge is 2.38. The third-order valence-electron chi connectivity index (χ3n) is 8.78. The lowest BCUT2D eigenvalue weighted by atomic mass is 9.96. The molecule has 1 atom stereocenters. The molecule has 0 bridgehead atoms. The van der Waals surface area contributed by atoms with E-state index in [0.717, 1.165) is 0 Å². The number of carbonyl (C=O) groups is 1. The van der Waals surface area contributed by atoms with Crippen molar-refractivity contribution < 1.29 is 19.4 Å². The smallest absolute Gasteiger partial charge is 0.354 e. The summed E-state index contributed by atoms with van der Waals surface area (Å²) >= 11 is 7.09. The molecule has 12 heteroatoms. The zero-order valence-electron chi connectivity index (χ0n) is 25.5. The van der Waals surface area contributed by atoms with Crippen molar-refractivity contribution in [3.05, 3.63) is 75.7 Å². The number of phenolic OH excluding ortho intramolecular Hbond substituents is 2. The van der Waals surface area contributed by atoms with Crippen molar-refractivity contribution in [1.82, 2.24) is 19.4 Å². The summed E-state index contributed by atoms with van der Waals surface area (Å²) in [4.78, 5) is 41.5. The molecular formula is C33H34ClFN6O4. The van der Waals surface area contributed by atoms with E-state index >= 15 is 4.39 Å². The average Bonchev–Trinajstić information content (AvgIpc) is 3.00. The van der Waals surface area contributed by atoms with E-state index in [1.54, 1.807) is 17.2 Å². The van der Waals surface area contributed by atoms with E-state index in [1.165, 1.54) is 28.8 Å². The number of hydrogen-bond acceptors (Lipinski definition) is 8. The molecule has 0 aliphatic carbocycles. The second-order valence-corrected chi connectivity index (χ2v) is 12.2. The number of rotatable bonds is 4. The number of anilines is 2. The predicted octanol–water partition coefficient (Wildman–Crippen LogP) is 5.13. The highest BCUT2D eigenvalue weighted by atomic mass is 35.5. The van der Waals surface area contributed by atoms with Crippen LogP contribution in [0.3, 0.4) is 0 Å². The van der Waals surface area contributed by atoms with Crippen molar-refractivity contribution in [2.24, 2.45) is 0 Å². The molecule has 234 valence electrons. The van der Waals surface area contributed by atoms with Gasteiger partial charge in [-0.15, -0.1) is 0 Å². The largest absolute Gasteiger partial charge is 0.507 e. The van der Waals surface area contributed by atoms with Crippen molar-refractivity contribution in [2.45, 2.75) is 39.2 Å². The van der Waals surface area contributed by atoms with E-state index in [1.807, 2.05) is 37.6 Å². The summed E-state index contributed by atoms with van der Waals surface area (Å²) in [6.07, 6.45) is 3.51. The Morgan fingerprint density at radius 2 is 1.84 bits per heavy atom. The minimum atomic E-state index is -0.903. The molecule has 2 N–H and O–H groups in total. The van der Waals surface area contributed by atoms with Crippen LogP contribution < -0.4 is 15.5 Å². The van der Waals surface area contributed by atoms with Gasteiger partial charge in [0, 0.05) is 51.0 Å². The second-order valence-electron chi connectivity index (χ2n) is 11.9. The SMILES string of the molecule is C=CC(=O)N1CCN2c3nc(=O)n(-c4c(C)ccnc4C(C)C)c4c(F)c(-c5c(O)cccc5O)c(Cl)c(c34)N(C)CCC2C1.